The van der Waals surface area contributed by atoms with Crippen molar-refractivity contribution in [2.24, 2.45) is 40.4 Å². The van der Waals surface area contributed by atoms with Crippen LogP contribution in [0.5, 0.6) is 0 Å². The first kappa shape index (κ1) is 24.8. The standard InChI is InChI=1S/C30H43N3O2S/c1-28(35)14-15-29(2)19(17-28)6-8-21-22-9-10-24(30(22,3)13-12-23(21)29)27(34)18-33-31-25-11-7-20(36(4)5)16-26(25)32-33/h7,11,16,19,21-24,35H,4,6,8-10,12-15,17-18H2,1-3,5H3/t19-,21+,22+,23+,24-,28-,29+,30+,36?/m1/s1. The van der Waals surface area contributed by atoms with Gasteiger partial charge >= 0.3 is 0 Å². The summed E-state index contributed by atoms with van der Waals surface area (Å²) < 4.78 is 0. The number of hydrogen-bond donors (Lipinski definition) is 1. The Balaban J connectivity index is 1.19. The van der Waals surface area contributed by atoms with Crippen LogP contribution >= 0.6 is 10.5 Å². The molecule has 0 bridgehead atoms. The summed E-state index contributed by atoms with van der Waals surface area (Å²) in [6.45, 7) is 7.29. The first-order chi connectivity index (χ1) is 17.0. The SMILES string of the molecule is C=S(C)c1ccc2nn(CC(=O)[C@H]3CC[C@H]4[C@@H]5CC[C@@H]6C[C@](C)(O)CC[C@]6(C)[C@H]5CC[C@]34C)nc2c1. The van der Waals surface area contributed by atoms with E-state index in [0.29, 0.717) is 23.0 Å². The predicted octanol–water partition coefficient (Wildman–Crippen LogP) is 6.10. The predicted molar refractivity (Wildman–Crippen MR) is 147 cm³/mol. The number of rotatable bonds is 4. The van der Waals surface area contributed by atoms with Gasteiger partial charge in [0.15, 0.2) is 5.78 Å². The van der Waals surface area contributed by atoms with Crippen LogP contribution < -0.4 is 0 Å². The molecule has 4 saturated carbocycles. The van der Waals surface area contributed by atoms with E-state index in [1.165, 1.54) is 30.6 Å². The lowest BCUT2D eigenvalue weighted by molar-refractivity contribution is -0.151. The molecule has 6 rings (SSSR count). The van der Waals surface area contributed by atoms with Gasteiger partial charge in [0.05, 0.1) is 5.60 Å². The van der Waals surface area contributed by atoms with Crippen LogP contribution in [0.3, 0.4) is 0 Å². The molecule has 1 heterocycles. The van der Waals surface area contributed by atoms with Crippen LogP contribution in [-0.2, 0) is 11.3 Å². The van der Waals surface area contributed by atoms with E-state index in [4.69, 9.17) is 0 Å². The normalized spacial score (nSPS) is 43.0. The fourth-order valence-electron chi connectivity index (χ4n) is 9.44. The van der Waals surface area contributed by atoms with Gasteiger partial charge in [-0.05, 0) is 124 Å². The van der Waals surface area contributed by atoms with Gasteiger partial charge in [0.2, 0.25) is 0 Å². The third-order valence-corrected chi connectivity index (χ3v) is 12.5. The maximum Gasteiger partial charge on any atom is 0.159 e. The molecule has 4 aliphatic rings. The summed E-state index contributed by atoms with van der Waals surface area (Å²) in [5, 5.41) is 20.1. The van der Waals surface area contributed by atoms with E-state index in [0.717, 1.165) is 55.0 Å². The average Bonchev–Trinajstić information content (AvgIpc) is 3.38. The third-order valence-electron chi connectivity index (χ3n) is 11.4. The number of aliphatic hydroxyl groups is 1. The Bertz CT molecular complexity index is 1220. The molecule has 0 spiro atoms. The molecule has 1 aromatic carbocycles. The van der Waals surface area contributed by atoms with Gasteiger partial charge < -0.3 is 5.11 Å². The van der Waals surface area contributed by atoms with Crippen molar-refractivity contribution < 1.29 is 9.90 Å². The summed E-state index contributed by atoms with van der Waals surface area (Å²) in [6, 6.07) is 6.14. The number of carbonyl (C=O) groups excluding carboxylic acids is 1. The van der Waals surface area contributed by atoms with Crippen molar-refractivity contribution in [1.29, 1.82) is 0 Å². The highest BCUT2D eigenvalue weighted by Crippen LogP contribution is 2.68. The molecule has 0 aliphatic heterocycles. The van der Waals surface area contributed by atoms with Gasteiger partial charge in [0.1, 0.15) is 17.6 Å². The van der Waals surface area contributed by atoms with E-state index in [2.05, 4.69) is 48.3 Å². The molecule has 0 saturated heterocycles. The minimum atomic E-state index is -0.482. The number of ketones is 1. The Morgan fingerprint density at radius 2 is 1.78 bits per heavy atom. The largest absolute Gasteiger partial charge is 0.390 e. The summed E-state index contributed by atoms with van der Waals surface area (Å²) in [6.07, 6.45) is 12.3. The molecular weight excluding hydrogens is 466 g/mol. The van der Waals surface area contributed by atoms with E-state index < -0.39 is 5.60 Å². The maximum absolute atomic E-state index is 13.7. The van der Waals surface area contributed by atoms with Crippen molar-refractivity contribution in [3.05, 3.63) is 18.2 Å². The molecule has 2 aromatic rings. The first-order valence-electron chi connectivity index (χ1n) is 14.1. The Kier molecular flexibility index (Phi) is 5.85. The van der Waals surface area contributed by atoms with Crippen molar-refractivity contribution in [3.63, 3.8) is 0 Å². The van der Waals surface area contributed by atoms with E-state index in [1.54, 1.807) is 4.80 Å². The van der Waals surface area contributed by atoms with Crippen molar-refractivity contribution in [2.75, 3.05) is 6.26 Å². The second-order valence-corrected chi connectivity index (χ2v) is 15.3. The van der Waals surface area contributed by atoms with Gasteiger partial charge in [-0.1, -0.05) is 19.7 Å². The number of Topliss-reactive ketones (excluding diaryl/α,β-unsaturated/α-hetero) is 1. The zero-order valence-electron chi connectivity index (χ0n) is 22.5. The Morgan fingerprint density at radius 3 is 2.56 bits per heavy atom. The smallest absolute Gasteiger partial charge is 0.159 e. The van der Waals surface area contributed by atoms with Gasteiger partial charge in [0.25, 0.3) is 0 Å². The fourth-order valence-corrected chi connectivity index (χ4v) is 10.0. The van der Waals surface area contributed by atoms with Crippen LogP contribution in [0.15, 0.2) is 23.1 Å². The topological polar surface area (TPSA) is 68.0 Å². The van der Waals surface area contributed by atoms with Crippen LogP contribution in [0.1, 0.15) is 78.6 Å². The number of nitrogens with zero attached hydrogens (tertiary/aromatic N) is 3. The number of hydrogen-bond acceptors (Lipinski definition) is 4. The first-order valence-corrected chi connectivity index (χ1v) is 15.9. The van der Waals surface area contributed by atoms with Crippen molar-refractivity contribution >= 4 is 33.2 Å². The highest BCUT2D eigenvalue weighted by molar-refractivity contribution is 8.13. The summed E-state index contributed by atoms with van der Waals surface area (Å²) in [7, 11) is -0.0684. The van der Waals surface area contributed by atoms with Gasteiger partial charge in [-0.3, -0.25) is 4.79 Å². The molecule has 36 heavy (non-hydrogen) atoms. The second-order valence-electron chi connectivity index (χ2n) is 13.5. The Labute approximate surface area is 218 Å². The number of benzene rings is 1. The minimum absolute atomic E-state index is 0.0684. The molecule has 4 fully saturated rings. The lowest BCUT2D eigenvalue weighted by Crippen LogP contribution is -2.55. The van der Waals surface area contributed by atoms with Crippen molar-refractivity contribution in [2.45, 2.75) is 95.6 Å². The van der Waals surface area contributed by atoms with E-state index in [1.807, 2.05) is 13.0 Å². The zero-order valence-corrected chi connectivity index (χ0v) is 23.3. The molecule has 0 amide bonds. The Morgan fingerprint density at radius 1 is 1.03 bits per heavy atom. The molecule has 1 unspecified atom stereocenters. The average molecular weight is 510 g/mol. The van der Waals surface area contributed by atoms with Gasteiger partial charge in [0, 0.05) is 10.8 Å². The quantitative estimate of drug-likeness (QED) is 0.506. The number of aromatic nitrogens is 3. The van der Waals surface area contributed by atoms with Crippen LogP contribution in [0.25, 0.3) is 11.0 Å². The molecule has 0 radical (unpaired) electrons. The molecule has 5 nitrogen and oxygen atoms in total. The molecule has 1 aromatic heterocycles. The molecule has 1 N–H and O–H groups in total. The maximum atomic E-state index is 13.7. The molecule has 9 atom stereocenters. The van der Waals surface area contributed by atoms with Crippen LogP contribution in [0, 0.1) is 40.4 Å². The lowest BCUT2D eigenvalue weighted by atomic mass is 9.44. The van der Waals surface area contributed by atoms with Crippen molar-refractivity contribution in [1.82, 2.24) is 15.0 Å². The van der Waals surface area contributed by atoms with Crippen LogP contribution in [-0.4, -0.2) is 43.6 Å². The van der Waals surface area contributed by atoms with Crippen LogP contribution in [0.4, 0.5) is 0 Å². The second kappa shape index (κ2) is 8.49. The van der Waals surface area contributed by atoms with E-state index >= 15 is 0 Å². The summed E-state index contributed by atoms with van der Waals surface area (Å²) in [5.74, 6) is 7.37. The molecule has 196 valence electrons. The highest BCUT2D eigenvalue weighted by Gasteiger charge is 2.61. The van der Waals surface area contributed by atoms with Gasteiger partial charge in [-0.2, -0.15) is 25.5 Å². The minimum Gasteiger partial charge on any atom is -0.390 e. The van der Waals surface area contributed by atoms with E-state index in [9.17, 15) is 9.90 Å². The number of carbonyl (C=O) groups is 1. The van der Waals surface area contributed by atoms with Crippen LogP contribution in [0.2, 0.25) is 0 Å². The van der Waals surface area contributed by atoms with Gasteiger partial charge in [-0.15, -0.1) is 0 Å². The zero-order chi connectivity index (χ0) is 25.5. The van der Waals surface area contributed by atoms with Gasteiger partial charge in [-0.25, -0.2) is 0 Å². The summed E-state index contributed by atoms with van der Waals surface area (Å²) in [4.78, 5) is 16.5. The number of fused-ring (bicyclic) bond motifs is 6. The fraction of sp³-hybridized carbons (Fsp3) is 0.733. The monoisotopic (exact) mass is 509 g/mol. The molecular formula is C30H43N3O2S. The van der Waals surface area contributed by atoms with Crippen molar-refractivity contribution in [3.8, 4) is 0 Å². The van der Waals surface area contributed by atoms with E-state index in [-0.39, 0.29) is 28.4 Å². The Hall–Kier alpha value is -1.53. The summed E-state index contributed by atoms with van der Waals surface area (Å²) in [5.41, 5.74) is 1.69. The summed E-state index contributed by atoms with van der Waals surface area (Å²) >= 11 is 0. The lowest BCUT2D eigenvalue weighted by Gasteiger charge is -2.61. The highest BCUT2D eigenvalue weighted by atomic mass is 32.2. The molecule has 4 aliphatic carbocycles. The third kappa shape index (κ3) is 3.84. The molecule has 6 heteroatoms.